The molecular formula is C20H18FNO4. The quantitative estimate of drug-likeness (QED) is 0.590. The van der Waals surface area contributed by atoms with Crippen molar-refractivity contribution in [2.45, 2.75) is 19.3 Å². The molecule has 26 heavy (non-hydrogen) atoms. The molecule has 0 saturated carbocycles. The maximum Gasteiger partial charge on any atom is 0.310 e. The summed E-state index contributed by atoms with van der Waals surface area (Å²) in [5, 5.41) is 0. The lowest BCUT2D eigenvalue weighted by Gasteiger charge is -2.15. The van der Waals surface area contributed by atoms with Gasteiger partial charge in [0.15, 0.2) is 12.4 Å². The smallest absolute Gasteiger partial charge is 0.310 e. The van der Waals surface area contributed by atoms with Gasteiger partial charge in [-0.25, -0.2) is 4.39 Å². The van der Waals surface area contributed by atoms with Crippen LogP contribution in [-0.2, 0) is 20.7 Å². The van der Waals surface area contributed by atoms with E-state index in [1.807, 2.05) is 0 Å². The molecule has 1 aliphatic rings. The van der Waals surface area contributed by atoms with Crippen LogP contribution in [0.25, 0.3) is 0 Å². The number of ether oxygens (including phenoxy) is 1. The molecule has 0 unspecified atom stereocenters. The third-order valence-corrected chi connectivity index (χ3v) is 4.23. The predicted molar refractivity (Wildman–Crippen MR) is 93.4 cm³/mol. The van der Waals surface area contributed by atoms with Gasteiger partial charge in [0, 0.05) is 24.2 Å². The van der Waals surface area contributed by atoms with E-state index in [0.29, 0.717) is 18.5 Å². The molecule has 0 radical (unpaired) electrons. The Morgan fingerprint density at radius 3 is 2.46 bits per heavy atom. The third kappa shape index (κ3) is 4.14. The Bertz CT molecular complexity index is 832. The first-order chi connectivity index (χ1) is 12.5. The van der Waals surface area contributed by atoms with Crippen LogP contribution in [-0.4, -0.2) is 30.8 Å². The van der Waals surface area contributed by atoms with E-state index in [1.54, 1.807) is 35.2 Å². The summed E-state index contributed by atoms with van der Waals surface area (Å²) in [4.78, 5) is 37.3. The second-order valence-electron chi connectivity index (χ2n) is 6.05. The molecule has 1 aliphatic heterocycles. The monoisotopic (exact) mass is 355 g/mol. The molecule has 2 aromatic carbocycles. The van der Waals surface area contributed by atoms with Gasteiger partial charge in [0.2, 0.25) is 5.91 Å². The second-order valence-corrected chi connectivity index (χ2v) is 6.05. The highest BCUT2D eigenvalue weighted by Gasteiger charge is 2.21. The van der Waals surface area contributed by atoms with Crippen LogP contribution in [0.3, 0.4) is 0 Å². The number of hydrogen-bond donors (Lipinski definition) is 0. The lowest BCUT2D eigenvalue weighted by Crippen LogP contribution is -2.23. The molecule has 134 valence electrons. The topological polar surface area (TPSA) is 63.7 Å². The first kappa shape index (κ1) is 17.8. The number of nitrogens with zero attached hydrogens (tertiary/aromatic N) is 1. The van der Waals surface area contributed by atoms with Gasteiger partial charge in [-0.3, -0.25) is 14.4 Å². The van der Waals surface area contributed by atoms with E-state index in [9.17, 15) is 18.8 Å². The van der Waals surface area contributed by atoms with Crippen molar-refractivity contribution < 1.29 is 23.5 Å². The molecule has 5 nitrogen and oxygen atoms in total. The van der Waals surface area contributed by atoms with E-state index < -0.39 is 18.4 Å². The van der Waals surface area contributed by atoms with Gasteiger partial charge in [-0.05, 0) is 42.3 Å². The van der Waals surface area contributed by atoms with E-state index in [1.165, 1.54) is 18.2 Å². The average Bonchev–Trinajstić information content (AvgIpc) is 3.08. The summed E-state index contributed by atoms with van der Waals surface area (Å²) < 4.78 is 18.4. The van der Waals surface area contributed by atoms with Crippen molar-refractivity contribution >= 4 is 23.3 Å². The number of esters is 1. The normalized spacial score (nSPS) is 13.7. The molecule has 1 saturated heterocycles. The fourth-order valence-electron chi connectivity index (χ4n) is 2.83. The van der Waals surface area contributed by atoms with Gasteiger partial charge in [-0.15, -0.1) is 0 Å². The van der Waals surface area contributed by atoms with E-state index in [-0.39, 0.29) is 23.7 Å². The highest BCUT2D eigenvalue weighted by Crippen LogP contribution is 2.21. The molecule has 0 aliphatic carbocycles. The highest BCUT2D eigenvalue weighted by molar-refractivity contribution is 5.99. The van der Waals surface area contributed by atoms with Gasteiger partial charge in [-0.1, -0.05) is 18.2 Å². The minimum atomic E-state index is -0.664. The Kier molecular flexibility index (Phi) is 5.41. The summed E-state index contributed by atoms with van der Waals surface area (Å²) in [5.41, 5.74) is 1.37. The fourth-order valence-corrected chi connectivity index (χ4v) is 2.83. The molecule has 0 N–H and O–H groups in total. The average molecular weight is 355 g/mol. The number of benzene rings is 2. The highest BCUT2D eigenvalue weighted by atomic mass is 19.1. The molecule has 1 fully saturated rings. The Morgan fingerprint density at radius 2 is 1.81 bits per heavy atom. The first-order valence-corrected chi connectivity index (χ1v) is 8.37. The van der Waals surface area contributed by atoms with Crippen molar-refractivity contribution in [1.29, 1.82) is 0 Å². The zero-order valence-electron chi connectivity index (χ0n) is 14.1. The lowest BCUT2D eigenvalue weighted by molar-refractivity contribution is -0.141. The van der Waals surface area contributed by atoms with Crippen LogP contribution in [0.4, 0.5) is 10.1 Å². The summed E-state index contributed by atoms with van der Waals surface area (Å²) >= 11 is 0. The van der Waals surface area contributed by atoms with Crippen molar-refractivity contribution in [1.82, 2.24) is 0 Å². The van der Waals surface area contributed by atoms with Gasteiger partial charge >= 0.3 is 5.97 Å². The molecule has 0 bridgehead atoms. The summed E-state index contributed by atoms with van der Waals surface area (Å²) in [6, 6.07) is 12.5. The minimum absolute atomic E-state index is 0.0751. The molecule has 1 heterocycles. The maximum atomic E-state index is 13.5. The Morgan fingerprint density at radius 1 is 1.08 bits per heavy atom. The molecule has 1 amide bonds. The van der Waals surface area contributed by atoms with Crippen molar-refractivity contribution in [2.24, 2.45) is 0 Å². The Hall–Kier alpha value is -3.02. The Balaban J connectivity index is 1.54. The number of carbonyl (C=O) groups is 3. The van der Waals surface area contributed by atoms with Gasteiger partial charge in [-0.2, -0.15) is 0 Å². The molecule has 0 aromatic heterocycles. The third-order valence-electron chi connectivity index (χ3n) is 4.23. The number of Topliss-reactive ketones (excluding diaryl/α,β-unsaturated/α-hetero) is 1. The Labute approximate surface area is 150 Å². The van der Waals surface area contributed by atoms with Crippen LogP contribution in [0, 0.1) is 5.82 Å². The van der Waals surface area contributed by atoms with Crippen LogP contribution in [0.5, 0.6) is 0 Å². The molecule has 3 rings (SSSR count). The molecule has 2 aromatic rings. The van der Waals surface area contributed by atoms with Gasteiger partial charge < -0.3 is 9.64 Å². The summed E-state index contributed by atoms with van der Waals surface area (Å²) in [7, 11) is 0. The number of halogens is 1. The number of rotatable bonds is 6. The van der Waals surface area contributed by atoms with Gasteiger partial charge in [0.1, 0.15) is 5.82 Å². The largest absolute Gasteiger partial charge is 0.457 e. The van der Waals surface area contributed by atoms with E-state index in [4.69, 9.17) is 4.74 Å². The van der Waals surface area contributed by atoms with Gasteiger partial charge in [0.25, 0.3) is 0 Å². The summed E-state index contributed by atoms with van der Waals surface area (Å²) in [5.74, 6) is -1.43. The van der Waals surface area contributed by atoms with Crippen LogP contribution in [0.15, 0.2) is 48.5 Å². The van der Waals surface area contributed by atoms with Crippen LogP contribution in [0.1, 0.15) is 28.8 Å². The number of amides is 1. The van der Waals surface area contributed by atoms with Crippen molar-refractivity contribution in [3.05, 3.63) is 65.5 Å². The van der Waals surface area contributed by atoms with E-state index in [2.05, 4.69) is 0 Å². The lowest BCUT2D eigenvalue weighted by atomic mass is 10.1. The zero-order chi connectivity index (χ0) is 18.5. The standard InChI is InChI=1S/C20H18FNO4/c21-17-5-2-1-4-15(17)12-20(25)26-13-18(23)14-7-9-16(10-8-14)22-11-3-6-19(22)24/h1-2,4-5,7-10H,3,6,11-13H2. The number of anilines is 1. The number of ketones is 1. The molecule has 0 atom stereocenters. The molecular weight excluding hydrogens is 337 g/mol. The van der Waals surface area contributed by atoms with E-state index in [0.717, 1.165) is 12.1 Å². The molecule has 6 heteroatoms. The number of hydrogen-bond acceptors (Lipinski definition) is 4. The first-order valence-electron chi connectivity index (χ1n) is 8.37. The van der Waals surface area contributed by atoms with Gasteiger partial charge in [0.05, 0.1) is 6.42 Å². The van der Waals surface area contributed by atoms with Crippen molar-refractivity contribution in [3.8, 4) is 0 Å². The van der Waals surface area contributed by atoms with Crippen LogP contribution < -0.4 is 4.90 Å². The second kappa shape index (κ2) is 7.91. The molecule has 0 spiro atoms. The van der Waals surface area contributed by atoms with E-state index >= 15 is 0 Å². The van der Waals surface area contributed by atoms with Crippen LogP contribution >= 0.6 is 0 Å². The van der Waals surface area contributed by atoms with Crippen molar-refractivity contribution in [3.63, 3.8) is 0 Å². The zero-order valence-corrected chi connectivity index (χ0v) is 14.1. The number of carbonyl (C=O) groups excluding carboxylic acids is 3. The maximum absolute atomic E-state index is 13.5. The van der Waals surface area contributed by atoms with Crippen LogP contribution in [0.2, 0.25) is 0 Å². The minimum Gasteiger partial charge on any atom is -0.457 e. The predicted octanol–water partition coefficient (Wildman–Crippen LogP) is 2.92. The SMILES string of the molecule is O=C(Cc1ccccc1F)OCC(=O)c1ccc(N2CCCC2=O)cc1. The fraction of sp³-hybridized carbons (Fsp3) is 0.250. The van der Waals surface area contributed by atoms with Crippen molar-refractivity contribution in [2.75, 3.05) is 18.1 Å². The summed E-state index contributed by atoms with van der Waals surface area (Å²) in [6.45, 7) is 0.273. The summed E-state index contributed by atoms with van der Waals surface area (Å²) in [6.07, 6.45) is 1.14.